The van der Waals surface area contributed by atoms with Gasteiger partial charge in [-0.25, -0.2) is 0 Å². The number of hydrogen-bond donors (Lipinski definition) is 1. The molecule has 1 N–H and O–H groups in total. The molecule has 0 atom stereocenters. The smallest absolute Gasteiger partial charge is 0.238 e. The topological polar surface area (TPSA) is 62.6 Å². The quantitative estimate of drug-likeness (QED) is 0.636. The minimum atomic E-state index is -0.0413. The monoisotopic (exact) mass is 439 g/mol. The molecular formula is C23H26ClN5O2. The molecule has 1 saturated heterocycles. The van der Waals surface area contributed by atoms with Crippen molar-refractivity contribution >= 4 is 28.9 Å². The number of methoxy groups -OCH3 is 1. The van der Waals surface area contributed by atoms with Crippen LogP contribution in [0.5, 0.6) is 5.75 Å². The van der Waals surface area contributed by atoms with Crippen LogP contribution in [0.4, 0.5) is 11.4 Å². The molecule has 8 heteroatoms. The second-order valence-electron chi connectivity index (χ2n) is 7.53. The molecule has 1 aliphatic heterocycles. The van der Waals surface area contributed by atoms with E-state index in [1.165, 1.54) is 5.69 Å². The average molecular weight is 440 g/mol. The lowest BCUT2D eigenvalue weighted by molar-refractivity contribution is -0.117. The first-order valence-corrected chi connectivity index (χ1v) is 10.6. The summed E-state index contributed by atoms with van der Waals surface area (Å²) in [6.45, 7) is 3.87. The van der Waals surface area contributed by atoms with Gasteiger partial charge >= 0.3 is 0 Å². The maximum Gasteiger partial charge on any atom is 0.238 e. The molecule has 2 heterocycles. The number of nitrogens with one attached hydrogen (secondary N) is 1. The van der Waals surface area contributed by atoms with E-state index < -0.39 is 0 Å². The molecule has 0 unspecified atom stereocenters. The Kier molecular flexibility index (Phi) is 6.44. The van der Waals surface area contributed by atoms with E-state index in [1.54, 1.807) is 18.0 Å². The third-order valence-electron chi connectivity index (χ3n) is 5.49. The van der Waals surface area contributed by atoms with Crippen LogP contribution in [-0.4, -0.2) is 60.4 Å². The van der Waals surface area contributed by atoms with Crippen LogP contribution in [0.1, 0.15) is 0 Å². The summed E-state index contributed by atoms with van der Waals surface area (Å²) >= 11 is 6.31. The van der Waals surface area contributed by atoms with Gasteiger partial charge in [0.15, 0.2) is 0 Å². The van der Waals surface area contributed by atoms with Crippen LogP contribution in [0, 0.1) is 0 Å². The van der Waals surface area contributed by atoms with E-state index in [9.17, 15) is 4.79 Å². The predicted molar refractivity (Wildman–Crippen MR) is 124 cm³/mol. The molecule has 0 saturated carbocycles. The molecule has 31 heavy (non-hydrogen) atoms. The van der Waals surface area contributed by atoms with E-state index in [0.29, 0.717) is 23.0 Å². The van der Waals surface area contributed by atoms with Crippen molar-refractivity contribution in [3.63, 3.8) is 0 Å². The second-order valence-corrected chi connectivity index (χ2v) is 7.93. The Morgan fingerprint density at radius 1 is 1.13 bits per heavy atom. The molecule has 1 aliphatic rings. The van der Waals surface area contributed by atoms with E-state index in [4.69, 9.17) is 16.3 Å². The molecule has 2 aromatic carbocycles. The number of nitrogens with zero attached hydrogens (tertiary/aromatic N) is 4. The highest BCUT2D eigenvalue weighted by Gasteiger charge is 2.20. The Balaban J connectivity index is 1.39. The summed E-state index contributed by atoms with van der Waals surface area (Å²) < 4.78 is 7.17. The minimum absolute atomic E-state index is 0.0413. The number of hydrogen-bond acceptors (Lipinski definition) is 5. The summed E-state index contributed by atoms with van der Waals surface area (Å²) in [7, 11) is 3.43. The fraction of sp³-hybridized carbons (Fsp3) is 0.304. The molecular weight excluding hydrogens is 414 g/mol. The van der Waals surface area contributed by atoms with E-state index in [1.807, 2.05) is 31.3 Å². The van der Waals surface area contributed by atoms with Crippen LogP contribution >= 0.6 is 11.6 Å². The molecule has 1 aromatic heterocycles. The number of aryl methyl sites for hydroxylation is 1. The second kappa shape index (κ2) is 9.41. The van der Waals surface area contributed by atoms with Crippen LogP contribution in [0.3, 0.4) is 0 Å². The number of benzene rings is 2. The van der Waals surface area contributed by atoms with Crippen molar-refractivity contribution in [2.75, 3.05) is 50.1 Å². The van der Waals surface area contributed by atoms with Gasteiger partial charge < -0.3 is 15.0 Å². The number of amides is 1. The van der Waals surface area contributed by atoms with Crippen molar-refractivity contribution in [1.82, 2.24) is 14.7 Å². The average Bonchev–Trinajstić information content (AvgIpc) is 3.12. The zero-order valence-corrected chi connectivity index (χ0v) is 18.5. The van der Waals surface area contributed by atoms with Gasteiger partial charge in [-0.1, -0.05) is 29.8 Å². The van der Waals surface area contributed by atoms with E-state index in [2.05, 4.69) is 44.5 Å². The number of rotatable bonds is 6. The van der Waals surface area contributed by atoms with E-state index in [-0.39, 0.29) is 5.91 Å². The molecule has 0 bridgehead atoms. The van der Waals surface area contributed by atoms with Crippen LogP contribution < -0.4 is 15.0 Å². The number of anilines is 2. The number of carbonyl (C=O) groups is 1. The van der Waals surface area contributed by atoms with Gasteiger partial charge in [-0.3, -0.25) is 14.4 Å². The van der Waals surface area contributed by atoms with Gasteiger partial charge in [-0.2, -0.15) is 5.10 Å². The molecule has 1 amide bonds. The summed E-state index contributed by atoms with van der Waals surface area (Å²) in [5.41, 5.74) is 3.45. The minimum Gasteiger partial charge on any atom is -0.496 e. The summed E-state index contributed by atoms with van der Waals surface area (Å²) in [4.78, 5) is 17.2. The van der Waals surface area contributed by atoms with Crippen LogP contribution in [0.25, 0.3) is 11.3 Å². The highest BCUT2D eigenvalue weighted by molar-refractivity contribution is 6.33. The van der Waals surface area contributed by atoms with Gasteiger partial charge in [0, 0.05) is 50.2 Å². The maximum absolute atomic E-state index is 12.7. The first-order chi connectivity index (χ1) is 15.0. The van der Waals surface area contributed by atoms with Crippen LogP contribution in [0.2, 0.25) is 5.02 Å². The van der Waals surface area contributed by atoms with Crippen LogP contribution in [-0.2, 0) is 11.8 Å². The van der Waals surface area contributed by atoms with Gasteiger partial charge in [0.25, 0.3) is 0 Å². The first kappa shape index (κ1) is 21.2. The largest absolute Gasteiger partial charge is 0.496 e. The number of piperazine rings is 1. The number of ether oxygens (including phenoxy) is 1. The number of carbonyl (C=O) groups excluding carboxylic acids is 1. The van der Waals surface area contributed by atoms with E-state index in [0.717, 1.165) is 37.4 Å². The zero-order chi connectivity index (χ0) is 21.8. The fourth-order valence-corrected chi connectivity index (χ4v) is 4.16. The molecule has 0 spiro atoms. The Labute approximate surface area is 187 Å². The van der Waals surface area contributed by atoms with Crippen molar-refractivity contribution in [3.05, 3.63) is 59.8 Å². The molecule has 0 aliphatic carbocycles. The predicted octanol–water partition coefficient (Wildman–Crippen LogP) is 3.51. The van der Waals surface area contributed by atoms with Crippen molar-refractivity contribution < 1.29 is 9.53 Å². The summed E-state index contributed by atoms with van der Waals surface area (Å²) in [6.07, 6.45) is 1.59. The Hall–Kier alpha value is -3.03. The third-order valence-corrected chi connectivity index (χ3v) is 5.77. The summed E-state index contributed by atoms with van der Waals surface area (Å²) in [5, 5.41) is 7.73. The number of aromatic nitrogens is 2. The molecule has 1 fully saturated rings. The van der Waals surface area contributed by atoms with E-state index >= 15 is 0 Å². The molecule has 0 radical (unpaired) electrons. The highest BCUT2D eigenvalue weighted by Crippen LogP contribution is 2.36. The SMILES string of the molecule is COc1ccc(NC(=O)CN2CCN(c3ccccc3)CC2)cc1-c1c(Cl)cnn1C. The lowest BCUT2D eigenvalue weighted by atomic mass is 10.1. The summed E-state index contributed by atoms with van der Waals surface area (Å²) in [5.74, 6) is 0.626. The zero-order valence-electron chi connectivity index (χ0n) is 17.7. The summed E-state index contributed by atoms with van der Waals surface area (Å²) in [6, 6.07) is 15.9. The Morgan fingerprint density at radius 2 is 1.87 bits per heavy atom. The van der Waals surface area contributed by atoms with Gasteiger partial charge in [0.05, 0.1) is 30.6 Å². The van der Waals surface area contributed by atoms with Crippen molar-refractivity contribution in [1.29, 1.82) is 0 Å². The number of para-hydroxylation sites is 1. The van der Waals surface area contributed by atoms with Gasteiger partial charge in [-0.05, 0) is 30.3 Å². The Morgan fingerprint density at radius 3 is 2.52 bits per heavy atom. The van der Waals surface area contributed by atoms with Crippen molar-refractivity contribution in [2.45, 2.75) is 0 Å². The normalized spacial score (nSPS) is 14.5. The highest BCUT2D eigenvalue weighted by atomic mass is 35.5. The number of halogens is 1. The third kappa shape index (κ3) is 4.84. The Bertz CT molecular complexity index is 1030. The van der Waals surface area contributed by atoms with Gasteiger partial charge in [-0.15, -0.1) is 0 Å². The lowest BCUT2D eigenvalue weighted by Gasteiger charge is -2.35. The lowest BCUT2D eigenvalue weighted by Crippen LogP contribution is -2.48. The molecule has 4 rings (SSSR count). The fourth-order valence-electron chi connectivity index (χ4n) is 3.89. The van der Waals surface area contributed by atoms with Crippen molar-refractivity contribution in [3.8, 4) is 17.0 Å². The van der Waals surface area contributed by atoms with Gasteiger partial charge in [0.2, 0.25) is 5.91 Å². The van der Waals surface area contributed by atoms with Crippen LogP contribution in [0.15, 0.2) is 54.7 Å². The van der Waals surface area contributed by atoms with Crippen molar-refractivity contribution in [2.24, 2.45) is 7.05 Å². The molecule has 7 nitrogen and oxygen atoms in total. The maximum atomic E-state index is 12.7. The first-order valence-electron chi connectivity index (χ1n) is 10.2. The molecule has 162 valence electrons. The standard InChI is InChI=1S/C23H26ClN5O2/c1-27-23(20(24)15-25-27)19-14-17(8-9-21(19)31-2)26-22(30)16-28-10-12-29(13-11-28)18-6-4-3-5-7-18/h3-9,14-15H,10-13,16H2,1-2H3,(H,26,30). The molecule has 3 aromatic rings. The van der Waals surface area contributed by atoms with Gasteiger partial charge in [0.1, 0.15) is 5.75 Å².